The van der Waals surface area contributed by atoms with E-state index in [0.717, 1.165) is 0 Å². The van der Waals surface area contributed by atoms with Gasteiger partial charge in [-0.05, 0) is 34.6 Å². The van der Waals surface area contributed by atoms with E-state index in [4.69, 9.17) is 4.74 Å². The molecule has 1 aliphatic rings. The lowest BCUT2D eigenvalue weighted by atomic mass is 10.2. The Bertz CT molecular complexity index is 504. The average Bonchev–Trinajstić information content (AvgIpc) is 2.55. The molecule has 1 amide bonds. The van der Waals surface area contributed by atoms with E-state index in [1.807, 2.05) is 11.8 Å². The Labute approximate surface area is 182 Å². The van der Waals surface area contributed by atoms with Crippen LogP contribution in [0.1, 0.15) is 34.6 Å². The minimum atomic E-state index is -4.21. The van der Waals surface area contributed by atoms with Gasteiger partial charge in [-0.3, -0.25) is 9.89 Å². The molecule has 0 aromatic heterocycles. The normalized spacial score (nSPS) is 17.6. The van der Waals surface area contributed by atoms with Crippen LogP contribution in [0.2, 0.25) is 0 Å². The Balaban J connectivity index is 0.00000729. The summed E-state index contributed by atoms with van der Waals surface area (Å²) < 4.78 is 43.7. The van der Waals surface area contributed by atoms with Crippen LogP contribution in [-0.2, 0) is 4.74 Å². The number of rotatable bonds is 5. The minimum absolute atomic E-state index is 0. The van der Waals surface area contributed by atoms with E-state index in [1.54, 1.807) is 20.8 Å². The lowest BCUT2D eigenvalue weighted by Crippen LogP contribution is -2.56. The molecular weight excluding hydrogens is 490 g/mol. The van der Waals surface area contributed by atoms with E-state index in [0.29, 0.717) is 51.8 Å². The van der Waals surface area contributed by atoms with E-state index in [2.05, 4.69) is 15.6 Å². The fourth-order valence-corrected chi connectivity index (χ4v) is 2.59. The zero-order valence-electron chi connectivity index (χ0n) is 17.2. The summed E-state index contributed by atoms with van der Waals surface area (Å²) in [6, 6.07) is -1.45. The van der Waals surface area contributed by atoms with Crippen LogP contribution < -0.4 is 10.6 Å². The number of nitrogens with zero attached hydrogens (tertiary/aromatic N) is 3. The number of nitrogens with one attached hydrogen (secondary N) is 2. The molecule has 0 radical (unpaired) electrons. The summed E-state index contributed by atoms with van der Waals surface area (Å²) in [4.78, 5) is 19.4. The Morgan fingerprint density at radius 2 is 1.71 bits per heavy atom. The molecule has 7 nitrogen and oxygen atoms in total. The van der Waals surface area contributed by atoms with Gasteiger partial charge in [-0.2, -0.15) is 13.2 Å². The first-order valence-electron chi connectivity index (χ1n) is 9.25. The molecule has 0 aromatic rings. The first kappa shape index (κ1) is 27.0. The maximum atomic E-state index is 12.8. The molecular formula is C17H33F3IN5O2. The predicted molar refractivity (Wildman–Crippen MR) is 114 cm³/mol. The molecule has 166 valence electrons. The molecule has 2 N–H and O–H groups in total. The topological polar surface area (TPSA) is 69.2 Å². The van der Waals surface area contributed by atoms with Crippen molar-refractivity contribution in [2.24, 2.45) is 4.99 Å². The van der Waals surface area contributed by atoms with Crippen LogP contribution in [-0.4, -0.2) is 85.5 Å². The van der Waals surface area contributed by atoms with E-state index >= 15 is 0 Å². The van der Waals surface area contributed by atoms with Crippen LogP contribution >= 0.6 is 24.0 Å². The van der Waals surface area contributed by atoms with E-state index < -0.39 is 23.9 Å². The van der Waals surface area contributed by atoms with Gasteiger partial charge >= 0.3 is 12.3 Å². The van der Waals surface area contributed by atoms with Gasteiger partial charge in [0.2, 0.25) is 0 Å². The fourth-order valence-electron chi connectivity index (χ4n) is 2.59. The first-order valence-corrected chi connectivity index (χ1v) is 9.25. The largest absolute Gasteiger partial charge is 0.444 e. The van der Waals surface area contributed by atoms with Gasteiger partial charge in [0.1, 0.15) is 11.6 Å². The molecule has 1 saturated heterocycles. The number of hydrogen-bond donors (Lipinski definition) is 2. The molecule has 28 heavy (non-hydrogen) atoms. The maximum absolute atomic E-state index is 12.8. The molecule has 1 atom stereocenters. The third-order valence-corrected chi connectivity index (χ3v) is 4.01. The van der Waals surface area contributed by atoms with Gasteiger partial charge in [0, 0.05) is 39.3 Å². The maximum Gasteiger partial charge on any atom is 0.407 e. The first-order chi connectivity index (χ1) is 12.4. The SMILES string of the molecule is CCNC(=NCCNC(=O)OC(C)(C)C)N1CCN(C(C)C(F)(F)F)CC1.I. The monoisotopic (exact) mass is 523 g/mol. The van der Waals surface area contributed by atoms with E-state index in [9.17, 15) is 18.0 Å². The fraction of sp³-hybridized carbons (Fsp3) is 0.882. The molecule has 0 aliphatic carbocycles. The smallest absolute Gasteiger partial charge is 0.407 e. The number of alkyl halides is 3. The van der Waals surface area contributed by atoms with Crippen molar-refractivity contribution >= 4 is 36.0 Å². The van der Waals surface area contributed by atoms with Gasteiger partial charge < -0.3 is 20.3 Å². The molecule has 0 spiro atoms. The molecule has 0 aromatic carbocycles. The summed E-state index contributed by atoms with van der Waals surface area (Å²) in [6.07, 6.45) is -4.72. The molecule has 0 saturated carbocycles. The molecule has 1 unspecified atom stereocenters. The van der Waals surface area contributed by atoms with Crippen molar-refractivity contribution in [3.63, 3.8) is 0 Å². The van der Waals surface area contributed by atoms with Crippen LogP contribution in [0, 0.1) is 0 Å². The summed E-state index contributed by atoms with van der Waals surface area (Å²) in [5.41, 5.74) is -0.560. The van der Waals surface area contributed by atoms with Gasteiger partial charge in [-0.15, -0.1) is 24.0 Å². The quantitative estimate of drug-likeness (QED) is 0.251. The Morgan fingerprint density at radius 1 is 1.14 bits per heavy atom. The van der Waals surface area contributed by atoms with Crippen molar-refractivity contribution in [1.29, 1.82) is 0 Å². The van der Waals surface area contributed by atoms with Crippen molar-refractivity contribution in [2.75, 3.05) is 45.8 Å². The van der Waals surface area contributed by atoms with Crippen molar-refractivity contribution in [3.8, 4) is 0 Å². The number of amides is 1. The summed E-state index contributed by atoms with van der Waals surface area (Å²) >= 11 is 0. The van der Waals surface area contributed by atoms with Crippen molar-refractivity contribution in [1.82, 2.24) is 20.4 Å². The zero-order valence-corrected chi connectivity index (χ0v) is 19.6. The van der Waals surface area contributed by atoms with Crippen molar-refractivity contribution in [2.45, 2.75) is 52.4 Å². The highest BCUT2D eigenvalue weighted by atomic mass is 127. The van der Waals surface area contributed by atoms with Crippen molar-refractivity contribution in [3.05, 3.63) is 0 Å². The molecule has 0 bridgehead atoms. The summed E-state index contributed by atoms with van der Waals surface area (Å²) in [5.74, 6) is 0.641. The second kappa shape index (κ2) is 11.9. The van der Waals surface area contributed by atoms with Gasteiger partial charge in [-0.1, -0.05) is 0 Å². The second-order valence-electron chi connectivity index (χ2n) is 7.40. The van der Waals surface area contributed by atoms with Crippen LogP contribution in [0.25, 0.3) is 0 Å². The van der Waals surface area contributed by atoms with E-state index in [-0.39, 0.29) is 24.0 Å². The number of halogens is 4. The molecule has 11 heteroatoms. The number of carbonyl (C=O) groups excluding carboxylic acids is 1. The van der Waals surface area contributed by atoms with Crippen LogP contribution in [0.3, 0.4) is 0 Å². The molecule has 1 rings (SSSR count). The van der Waals surface area contributed by atoms with Gasteiger partial charge in [0.15, 0.2) is 5.96 Å². The number of guanidine groups is 1. The number of alkyl carbamates (subject to hydrolysis) is 1. The molecule has 1 aliphatic heterocycles. The minimum Gasteiger partial charge on any atom is -0.444 e. The second-order valence-corrected chi connectivity index (χ2v) is 7.40. The number of carbonyl (C=O) groups is 1. The lowest BCUT2D eigenvalue weighted by Gasteiger charge is -2.39. The highest BCUT2D eigenvalue weighted by Crippen LogP contribution is 2.25. The summed E-state index contributed by atoms with van der Waals surface area (Å²) in [5, 5.41) is 5.77. The predicted octanol–water partition coefficient (Wildman–Crippen LogP) is 2.66. The Kier molecular flexibility index (Phi) is 11.5. The number of aliphatic imine (C=N–C) groups is 1. The molecule has 1 heterocycles. The van der Waals surface area contributed by atoms with Gasteiger partial charge in [-0.25, -0.2) is 4.79 Å². The van der Waals surface area contributed by atoms with Gasteiger partial charge in [0.05, 0.1) is 6.54 Å². The summed E-state index contributed by atoms with van der Waals surface area (Å²) in [6.45, 7) is 11.4. The van der Waals surface area contributed by atoms with Crippen LogP contribution in [0.15, 0.2) is 4.99 Å². The highest BCUT2D eigenvalue weighted by molar-refractivity contribution is 14.0. The third-order valence-electron chi connectivity index (χ3n) is 4.01. The van der Waals surface area contributed by atoms with E-state index in [1.165, 1.54) is 11.8 Å². The average molecular weight is 523 g/mol. The highest BCUT2D eigenvalue weighted by Gasteiger charge is 2.41. The van der Waals surface area contributed by atoms with Gasteiger partial charge in [0.25, 0.3) is 0 Å². The number of piperazine rings is 1. The zero-order chi connectivity index (χ0) is 20.7. The Morgan fingerprint density at radius 3 is 2.18 bits per heavy atom. The van der Waals surface area contributed by atoms with Crippen LogP contribution in [0.4, 0.5) is 18.0 Å². The summed E-state index contributed by atoms with van der Waals surface area (Å²) in [7, 11) is 0. The lowest BCUT2D eigenvalue weighted by molar-refractivity contribution is -0.181. The standard InChI is InChI=1S/C17H32F3N5O2.HI/c1-6-21-14(22-7-8-23-15(26)27-16(3,4)5)25-11-9-24(10-12-25)13(2)17(18,19)20;/h13H,6-12H2,1-5H3,(H,21,22)(H,23,26);1H. The number of hydrogen-bond acceptors (Lipinski definition) is 4. The number of ether oxygens (including phenoxy) is 1. The van der Waals surface area contributed by atoms with Crippen molar-refractivity contribution < 1.29 is 22.7 Å². The van der Waals surface area contributed by atoms with Crippen LogP contribution in [0.5, 0.6) is 0 Å². The third kappa shape index (κ3) is 9.99. The molecule has 1 fully saturated rings. The Hall–Kier alpha value is -0.980.